The Morgan fingerprint density at radius 2 is 1.36 bits per heavy atom. The van der Waals surface area contributed by atoms with Crippen LogP contribution in [0.2, 0.25) is 0 Å². The minimum atomic E-state index is -5.52. The third-order valence-electron chi connectivity index (χ3n) is 1.65. The van der Waals surface area contributed by atoms with E-state index in [0.29, 0.717) is 6.92 Å². The largest absolute Gasteiger partial charge is 0.402 e. The van der Waals surface area contributed by atoms with Gasteiger partial charge in [-0.15, -0.1) is 0 Å². The van der Waals surface area contributed by atoms with Gasteiger partial charge in [0.15, 0.2) is 5.92 Å². The number of aliphatic hydroxyl groups is 1. The molecule has 2 nitrogen and oxygen atoms in total. The van der Waals surface area contributed by atoms with Gasteiger partial charge in [-0.25, -0.2) is 0 Å². The molecular weight excluding hydrogens is 216 g/mol. The molecule has 0 aliphatic carbocycles. The summed E-state index contributed by atoms with van der Waals surface area (Å²) in [5, 5.41) is 8.37. The number of rotatable bonds is 2. The molecule has 3 N–H and O–H groups in total. The molecule has 0 spiro atoms. The second-order valence-electron chi connectivity index (χ2n) is 3.18. The molecule has 0 radical (unpaired) electrons. The highest BCUT2D eigenvalue weighted by Gasteiger charge is 2.63. The van der Waals surface area contributed by atoms with Crippen molar-refractivity contribution in [2.45, 2.75) is 24.8 Å². The van der Waals surface area contributed by atoms with E-state index in [-0.39, 0.29) is 0 Å². The summed E-state index contributed by atoms with van der Waals surface area (Å²) in [5.74, 6) is -3.73. The molecule has 1 unspecified atom stereocenters. The number of hydrogen-bond acceptors (Lipinski definition) is 2. The van der Waals surface area contributed by atoms with Crippen LogP contribution in [0.4, 0.5) is 26.3 Å². The smallest absolute Gasteiger partial charge is 0.394 e. The summed E-state index contributed by atoms with van der Waals surface area (Å²) >= 11 is 0. The molecule has 0 heterocycles. The van der Waals surface area contributed by atoms with E-state index in [9.17, 15) is 26.3 Å². The monoisotopic (exact) mass is 225 g/mol. The Bertz CT molecular complexity index is 181. The van der Waals surface area contributed by atoms with Crippen LogP contribution in [0.3, 0.4) is 0 Å². The summed E-state index contributed by atoms with van der Waals surface area (Å²) < 4.78 is 71.9. The Morgan fingerprint density at radius 3 is 1.43 bits per heavy atom. The van der Waals surface area contributed by atoms with Crippen LogP contribution >= 0.6 is 0 Å². The van der Waals surface area contributed by atoms with Gasteiger partial charge in [0.25, 0.3) is 0 Å². The number of aliphatic hydroxyl groups excluding tert-OH is 1. The van der Waals surface area contributed by atoms with Gasteiger partial charge < -0.3 is 10.8 Å². The molecule has 8 heteroatoms. The molecular formula is C6H9F6NO. The van der Waals surface area contributed by atoms with E-state index >= 15 is 0 Å². The van der Waals surface area contributed by atoms with Crippen LogP contribution in [0, 0.1) is 5.92 Å². The standard InChI is InChI=1S/C6H9F6NO/c1-4(13,2-14)3(5(7,8)9)6(10,11)12/h3,14H,2,13H2,1H3. The summed E-state index contributed by atoms with van der Waals surface area (Å²) in [6.07, 6.45) is -11.0. The molecule has 0 amide bonds. The second-order valence-corrected chi connectivity index (χ2v) is 3.18. The van der Waals surface area contributed by atoms with Crippen molar-refractivity contribution in [3.05, 3.63) is 0 Å². The van der Waals surface area contributed by atoms with Gasteiger partial charge in [0.05, 0.1) is 12.1 Å². The van der Waals surface area contributed by atoms with E-state index in [1.165, 1.54) is 0 Å². The zero-order valence-corrected chi connectivity index (χ0v) is 7.08. The lowest BCUT2D eigenvalue weighted by Crippen LogP contribution is -2.59. The Morgan fingerprint density at radius 1 is 1.07 bits per heavy atom. The van der Waals surface area contributed by atoms with Crippen LogP contribution in [-0.2, 0) is 0 Å². The molecule has 0 rings (SSSR count). The minimum Gasteiger partial charge on any atom is -0.394 e. The molecule has 0 aromatic rings. The fourth-order valence-electron chi connectivity index (χ4n) is 1.02. The number of nitrogens with two attached hydrogens (primary N) is 1. The van der Waals surface area contributed by atoms with Crippen molar-refractivity contribution in [2.75, 3.05) is 6.61 Å². The highest BCUT2D eigenvalue weighted by molar-refractivity contribution is 4.94. The van der Waals surface area contributed by atoms with Gasteiger partial charge in [-0.2, -0.15) is 26.3 Å². The first-order valence-electron chi connectivity index (χ1n) is 3.46. The van der Waals surface area contributed by atoms with Crippen molar-refractivity contribution >= 4 is 0 Å². The lowest BCUT2D eigenvalue weighted by molar-refractivity contribution is -0.302. The van der Waals surface area contributed by atoms with Crippen molar-refractivity contribution in [1.82, 2.24) is 0 Å². The van der Waals surface area contributed by atoms with E-state index < -0.39 is 30.4 Å². The first-order chi connectivity index (χ1) is 5.93. The highest BCUT2D eigenvalue weighted by atomic mass is 19.4. The van der Waals surface area contributed by atoms with Gasteiger partial charge in [0, 0.05) is 0 Å². The molecule has 0 fully saturated rings. The molecule has 0 aromatic heterocycles. The maximum absolute atomic E-state index is 12.0. The zero-order chi connectivity index (χ0) is 11.8. The molecule has 86 valence electrons. The topological polar surface area (TPSA) is 46.2 Å². The van der Waals surface area contributed by atoms with Crippen LogP contribution < -0.4 is 5.73 Å². The zero-order valence-electron chi connectivity index (χ0n) is 7.08. The van der Waals surface area contributed by atoms with Gasteiger partial charge in [0.2, 0.25) is 0 Å². The Balaban J connectivity index is 5.14. The van der Waals surface area contributed by atoms with Gasteiger partial charge in [0.1, 0.15) is 0 Å². The molecule has 0 saturated carbocycles. The van der Waals surface area contributed by atoms with E-state index in [1.54, 1.807) is 0 Å². The first-order valence-corrected chi connectivity index (χ1v) is 3.46. The summed E-state index contributed by atoms with van der Waals surface area (Å²) in [6, 6.07) is 0. The van der Waals surface area contributed by atoms with Crippen LogP contribution in [0.5, 0.6) is 0 Å². The Hall–Kier alpha value is -0.500. The average molecular weight is 225 g/mol. The highest BCUT2D eigenvalue weighted by Crippen LogP contribution is 2.44. The Labute approximate surface area is 75.7 Å². The minimum absolute atomic E-state index is 0.499. The number of hydrogen-bond donors (Lipinski definition) is 2. The van der Waals surface area contributed by atoms with E-state index in [0.717, 1.165) is 0 Å². The van der Waals surface area contributed by atoms with Crippen molar-refractivity contribution in [3.8, 4) is 0 Å². The van der Waals surface area contributed by atoms with Gasteiger partial charge >= 0.3 is 12.4 Å². The van der Waals surface area contributed by atoms with E-state index in [1.807, 2.05) is 0 Å². The summed E-state index contributed by atoms with van der Waals surface area (Å²) in [6.45, 7) is -0.907. The maximum Gasteiger partial charge on any atom is 0.402 e. The SMILES string of the molecule is CC(N)(CO)C(C(F)(F)F)C(F)(F)F. The summed E-state index contributed by atoms with van der Waals surface area (Å²) in [4.78, 5) is 0. The van der Waals surface area contributed by atoms with Crippen LogP contribution in [0.25, 0.3) is 0 Å². The first kappa shape index (κ1) is 13.5. The van der Waals surface area contributed by atoms with Crippen molar-refractivity contribution in [1.29, 1.82) is 0 Å². The molecule has 0 bridgehead atoms. The van der Waals surface area contributed by atoms with Crippen molar-refractivity contribution < 1.29 is 31.4 Å². The fraction of sp³-hybridized carbons (Fsp3) is 1.00. The van der Waals surface area contributed by atoms with Crippen molar-refractivity contribution in [2.24, 2.45) is 11.7 Å². The molecule has 0 saturated heterocycles. The fourth-order valence-corrected chi connectivity index (χ4v) is 1.02. The quantitative estimate of drug-likeness (QED) is 0.698. The third kappa shape index (κ3) is 3.02. The third-order valence-corrected chi connectivity index (χ3v) is 1.65. The van der Waals surface area contributed by atoms with Gasteiger partial charge in [-0.3, -0.25) is 0 Å². The predicted molar refractivity (Wildman–Crippen MR) is 35.3 cm³/mol. The summed E-state index contributed by atoms with van der Waals surface area (Å²) in [5.41, 5.74) is 1.98. The average Bonchev–Trinajstić information content (AvgIpc) is 1.79. The van der Waals surface area contributed by atoms with Gasteiger partial charge in [-0.05, 0) is 6.92 Å². The number of halogens is 6. The molecule has 0 aliphatic heterocycles. The predicted octanol–water partition coefficient (Wildman–Crippen LogP) is 1.44. The molecule has 0 aliphatic rings. The lowest BCUT2D eigenvalue weighted by Gasteiger charge is -2.34. The van der Waals surface area contributed by atoms with Crippen LogP contribution in [-0.4, -0.2) is 29.6 Å². The molecule has 0 aromatic carbocycles. The van der Waals surface area contributed by atoms with E-state index in [4.69, 9.17) is 10.8 Å². The van der Waals surface area contributed by atoms with Crippen LogP contribution in [0.1, 0.15) is 6.92 Å². The van der Waals surface area contributed by atoms with Crippen molar-refractivity contribution in [3.63, 3.8) is 0 Å². The molecule has 14 heavy (non-hydrogen) atoms. The normalized spacial score (nSPS) is 18.4. The summed E-state index contributed by atoms with van der Waals surface area (Å²) in [7, 11) is 0. The molecule has 1 atom stereocenters. The van der Waals surface area contributed by atoms with Gasteiger partial charge in [-0.1, -0.05) is 0 Å². The lowest BCUT2D eigenvalue weighted by atomic mass is 9.86. The number of alkyl halides is 6. The second kappa shape index (κ2) is 3.58. The maximum atomic E-state index is 12.0. The van der Waals surface area contributed by atoms with Crippen LogP contribution in [0.15, 0.2) is 0 Å². The Kier molecular flexibility index (Phi) is 3.45. The van der Waals surface area contributed by atoms with E-state index in [2.05, 4.69) is 0 Å².